The predicted molar refractivity (Wildman–Crippen MR) is 107 cm³/mol. The molecule has 3 rings (SSSR count). The van der Waals surface area contributed by atoms with E-state index < -0.39 is 0 Å². The van der Waals surface area contributed by atoms with Crippen molar-refractivity contribution in [1.82, 2.24) is 9.88 Å². The summed E-state index contributed by atoms with van der Waals surface area (Å²) in [5, 5.41) is 6.13. The van der Waals surface area contributed by atoms with Crippen LogP contribution in [0.4, 0.5) is 11.5 Å². The van der Waals surface area contributed by atoms with Crippen molar-refractivity contribution in [3.63, 3.8) is 0 Å². The Morgan fingerprint density at radius 3 is 2.46 bits per heavy atom. The van der Waals surface area contributed by atoms with Gasteiger partial charge in [-0.05, 0) is 24.3 Å². The van der Waals surface area contributed by atoms with Gasteiger partial charge in [0.15, 0.2) is 0 Å². The summed E-state index contributed by atoms with van der Waals surface area (Å²) < 4.78 is 15.7. The topological polar surface area (TPSA) is 85.0 Å². The van der Waals surface area contributed by atoms with Crippen LogP contribution in [0.2, 0.25) is 0 Å². The minimum Gasteiger partial charge on any atom is -0.497 e. The molecule has 0 saturated carbocycles. The van der Waals surface area contributed by atoms with Gasteiger partial charge >= 0.3 is 0 Å². The fourth-order valence-electron chi connectivity index (χ4n) is 2.88. The molecule has 0 unspecified atom stereocenters. The number of morpholine rings is 1. The summed E-state index contributed by atoms with van der Waals surface area (Å²) in [4.78, 5) is 19.2. The van der Waals surface area contributed by atoms with Gasteiger partial charge in [-0.3, -0.25) is 9.69 Å². The van der Waals surface area contributed by atoms with Gasteiger partial charge in [-0.2, -0.15) is 0 Å². The molecule has 1 aromatic heterocycles. The van der Waals surface area contributed by atoms with Crippen molar-refractivity contribution in [2.24, 2.45) is 0 Å². The Kier molecular flexibility index (Phi) is 7.05. The minimum atomic E-state index is -0.280. The Morgan fingerprint density at radius 2 is 1.86 bits per heavy atom. The second-order valence-electron chi connectivity index (χ2n) is 6.37. The van der Waals surface area contributed by atoms with E-state index in [2.05, 4.69) is 20.5 Å². The van der Waals surface area contributed by atoms with Gasteiger partial charge in [0.25, 0.3) is 5.91 Å². The van der Waals surface area contributed by atoms with Crippen LogP contribution in [0.15, 0.2) is 36.5 Å². The zero-order valence-electron chi connectivity index (χ0n) is 16.2. The number of hydrogen-bond donors (Lipinski definition) is 2. The summed E-state index contributed by atoms with van der Waals surface area (Å²) in [5.41, 5.74) is 1.35. The molecule has 0 aliphatic carbocycles. The van der Waals surface area contributed by atoms with E-state index in [9.17, 15) is 4.79 Å². The van der Waals surface area contributed by atoms with Crippen molar-refractivity contribution in [2.75, 3.05) is 64.2 Å². The average molecular weight is 386 g/mol. The molecule has 8 heteroatoms. The summed E-state index contributed by atoms with van der Waals surface area (Å²) in [6.07, 6.45) is 1.71. The van der Waals surface area contributed by atoms with Crippen molar-refractivity contribution in [2.45, 2.75) is 0 Å². The number of carbonyl (C=O) groups is 1. The summed E-state index contributed by atoms with van der Waals surface area (Å²) in [7, 11) is 3.09. The first-order valence-corrected chi connectivity index (χ1v) is 9.22. The smallest absolute Gasteiger partial charge is 0.257 e. The number of nitrogens with one attached hydrogen (secondary N) is 2. The molecule has 8 nitrogen and oxygen atoms in total. The minimum absolute atomic E-state index is 0.280. The van der Waals surface area contributed by atoms with Crippen LogP contribution in [-0.2, 0) is 4.74 Å². The Hall–Kier alpha value is -2.84. The normalized spacial score (nSPS) is 14.4. The van der Waals surface area contributed by atoms with Crippen molar-refractivity contribution in [3.8, 4) is 11.5 Å². The van der Waals surface area contributed by atoms with Gasteiger partial charge in [-0.15, -0.1) is 0 Å². The number of carbonyl (C=O) groups excluding carboxylic acids is 1. The number of pyridine rings is 1. The third-order valence-corrected chi connectivity index (χ3v) is 4.48. The highest BCUT2D eigenvalue weighted by molar-refractivity contribution is 6.04. The van der Waals surface area contributed by atoms with E-state index in [4.69, 9.17) is 14.2 Å². The highest BCUT2D eigenvalue weighted by Crippen LogP contribution is 2.23. The molecule has 28 heavy (non-hydrogen) atoms. The maximum absolute atomic E-state index is 12.5. The first-order valence-electron chi connectivity index (χ1n) is 9.22. The van der Waals surface area contributed by atoms with E-state index >= 15 is 0 Å². The van der Waals surface area contributed by atoms with E-state index in [1.807, 2.05) is 6.07 Å². The van der Waals surface area contributed by atoms with Crippen LogP contribution in [0, 0.1) is 0 Å². The molecule has 2 heterocycles. The lowest BCUT2D eigenvalue weighted by Crippen LogP contribution is -2.39. The average Bonchev–Trinajstić information content (AvgIpc) is 2.75. The maximum Gasteiger partial charge on any atom is 0.257 e. The van der Waals surface area contributed by atoms with Crippen molar-refractivity contribution < 1.29 is 19.0 Å². The van der Waals surface area contributed by atoms with Crippen molar-refractivity contribution in [1.29, 1.82) is 0 Å². The largest absolute Gasteiger partial charge is 0.497 e. The number of anilines is 2. The van der Waals surface area contributed by atoms with E-state index in [1.54, 1.807) is 44.7 Å². The fraction of sp³-hybridized carbons (Fsp3) is 0.400. The number of benzene rings is 1. The molecule has 0 bridgehead atoms. The molecule has 2 aromatic rings. The predicted octanol–water partition coefficient (Wildman–Crippen LogP) is 2.10. The summed E-state index contributed by atoms with van der Waals surface area (Å²) in [6, 6.07) is 8.69. The van der Waals surface area contributed by atoms with Crippen LogP contribution in [0.1, 0.15) is 10.4 Å². The Bertz CT molecular complexity index is 754. The fourth-order valence-corrected chi connectivity index (χ4v) is 2.88. The number of methoxy groups -OCH3 is 2. The number of nitrogens with zero attached hydrogens (tertiary/aromatic N) is 2. The SMILES string of the molecule is COc1cc(OC)cc(C(=O)Nc2ccc(NCCN3CCOCC3)cn2)c1. The van der Waals surface area contributed by atoms with Gasteiger partial charge in [0.1, 0.15) is 17.3 Å². The van der Waals surface area contributed by atoms with Crippen LogP contribution < -0.4 is 20.1 Å². The van der Waals surface area contributed by atoms with Crippen LogP contribution >= 0.6 is 0 Å². The molecule has 1 saturated heterocycles. The molecule has 1 aromatic carbocycles. The second-order valence-corrected chi connectivity index (χ2v) is 6.37. The Morgan fingerprint density at radius 1 is 1.14 bits per heavy atom. The van der Waals surface area contributed by atoms with Gasteiger partial charge in [0.05, 0.1) is 39.3 Å². The lowest BCUT2D eigenvalue weighted by molar-refractivity contribution is 0.0398. The Balaban J connectivity index is 1.52. The Labute approximate surface area is 164 Å². The van der Waals surface area contributed by atoms with E-state index in [1.165, 1.54) is 0 Å². The highest BCUT2D eigenvalue weighted by atomic mass is 16.5. The van der Waals surface area contributed by atoms with E-state index in [0.29, 0.717) is 22.9 Å². The first-order chi connectivity index (χ1) is 13.7. The highest BCUT2D eigenvalue weighted by Gasteiger charge is 2.11. The maximum atomic E-state index is 12.5. The van der Waals surface area contributed by atoms with Gasteiger partial charge in [0.2, 0.25) is 0 Å². The molecule has 1 aliphatic rings. The molecule has 0 atom stereocenters. The molecule has 0 spiro atoms. The van der Waals surface area contributed by atoms with Crippen LogP contribution in [0.3, 0.4) is 0 Å². The number of rotatable bonds is 8. The van der Waals surface area contributed by atoms with Crippen LogP contribution in [0.25, 0.3) is 0 Å². The summed E-state index contributed by atoms with van der Waals surface area (Å²) in [5.74, 6) is 1.30. The first kappa shape index (κ1) is 19.9. The molecule has 1 amide bonds. The third kappa shape index (κ3) is 5.58. The molecule has 2 N–H and O–H groups in total. The summed E-state index contributed by atoms with van der Waals surface area (Å²) in [6.45, 7) is 5.33. The van der Waals surface area contributed by atoms with Gasteiger partial charge in [-0.1, -0.05) is 0 Å². The molecular formula is C20H26N4O4. The van der Waals surface area contributed by atoms with Crippen LogP contribution in [0.5, 0.6) is 11.5 Å². The van der Waals surface area contributed by atoms with Crippen molar-refractivity contribution >= 4 is 17.4 Å². The number of amides is 1. The number of aromatic nitrogens is 1. The molecule has 1 fully saturated rings. The van der Waals surface area contributed by atoms with E-state index in [-0.39, 0.29) is 5.91 Å². The zero-order chi connectivity index (χ0) is 19.8. The quantitative estimate of drug-likeness (QED) is 0.719. The molecule has 0 radical (unpaired) electrons. The molecule has 1 aliphatic heterocycles. The molecule has 150 valence electrons. The van der Waals surface area contributed by atoms with Crippen molar-refractivity contribution in [3.05, 3.63) is 42.1 Å². The lowest BCUT2D eigenvalue weighted by Gasteiger charge is -2.26. The number of hydrogen-bond acceptors (Lipinski definition) is 7. The monoisotopic (exact) mass is 386 g/mol. The second kappa shape index (κ2) is 9.91. The number of ether oxygens (including phenoxy) is 3. The van der Waals surface area contributed by atoms with Crippen LogP contribution in [-0.4, -0.2) is 69.4 Å². The zero-order valence-corrected chi connectivity index (χ0v) is 16.2. The van der Waals surface area contributed by atoms with Gasteiger partial charge in [0, 0.05) is 37.8 Å². The standard InChI is InChI=1S/C20H26N4O4/c1-26-17-11-15(12-18(13-17)27-2)20(25)23-19-4-3-16(14-22-19)21-5-6-24-7-9-28-10-8-24/h3-4,11-14,21H,5-10H2,1-2H3,(H,22,23,25). The molecular weight excluding hydrogens is 360 g/mol. The van der Waals surface area contributed by atoms with Gasteiger partial charge in [-0.25, -0.2) is 4.98 Å². The third-order valence-electron chi connectivity index (χ3n) is 4.48. The van der Waals surface area contributed by atoms with Gasteiger partial charge < -0.3 is 24.8 Å². The summed E-state index contributed by atoms with van der Waals surface area (Å²) >= 11 is 0. The van der Waals surface area contributed by atoms with E-state index in [0.717, 1.165) is 45.1 Å². The lowest BCUT2D eigenvalue weighted by atomic mass is 10.2.